The van der Waals surface area contributed by atoms with E-state index in [-0.39, 0.29) is 0 Å². The van der Waals surface area contributed by atoms with Crippen LogP contribution >= 0.6 is 11.8 Å². The molecule has 1 atom stereocenters. The molecule has 1 unspecified atom stereocenters. The number of pyridine rings is 1. The van der Waals surface area contributed by atoms with Crippen molar-refractivity contribution in [3.63, 3.8) is 0 Å². The van der Waals surface area contributed by atoms with Gasteiger partial charge >= 0.3 is 0 Å². The average molecular weight is 255 g/mol. The van der Waals surface area contributed by atoms with E-state index in [0.29, 0.717) is 17.6 Å². The maximum atomic E-state index is 10.0. The first kappa shape index (κ1) is 14.3. The maximum Gasteiger partial charge on any atom is 0.137 e. The van der Waals surface area contributed by atoms with Gasteiger partial charge in [0.1, 0.15) is 5.75 Å². The molecule has 0 aliphatic carbocycles. The highest BCUT2D eigenvalue weighted by Crippen LogP contribution is 2.23. The van der Waals surface area contributed by atoms with Crippen LogP contribution in [0.15, 0.2) is 18.5 Å². The molecule has 3 nitrogen and oxygen atoms in total. The summed E-state index contributed by atoms with van der Waals surface area (Å²) < 4.78 is 5.49. The van der Waals surface area contributed by atoms with E-state index in [4.69, 9.17) is 4.74 Å². The molecule has 0 amide bonds. The van der Waals surface area contributed by atoms with Crippen molar-refractivity contribution in [3.05, 3.63) is 24.0 Å². The Morgan fingerprint density at radius 2 is 2.18 bits per heavy atom. The minimum atomic E-state index is -0.472. The zero-order valence-corrected chi connectivity index (χ0v) is 11.5. The lowest BCUT2D eigenvalue weighted by Gasteiger charge is -2.13. The third kappa shape index (κ3) is 5.41. The van der Waals surface area contributed by atoms with Gasteiger partial charge in [-0.15, -0.1) is 0 Å². The highest BCUT2D eigenvalue weighted by Gasteiger charge is 2.10. The van der Waals surface area contributed by atoms with Crippen molar-refractivity contribution in [2.45, 2.75) is 38.5 Å². The highest BCUT2D eigenvalue weighted by molar-refractivity contribution is 7.99. The topological polar surface area (TPSA) is 42.4 Å². The second kappa shape index (κ2) is 7.56. The molecular weight excluding hydrogens is 234 g/mol. The van der Waals surface area contributed by atoms with Gasteiger partial charge in [0.25, 0.3) is 0 Å². The summed E-state index contributed by atoms with van der Waals surface area (Å²) >= 11 is 1.74. The Morgan fingerprint density at radius 3 is 2.82 bits per heavy atom. The number of aliphatic hydroxyl groups excluding tert-OH is 1. The maximum absolute atomic E-state index is 10.0. The number of aliphatic hydroxyl groups is 1. The minimum absolute atomic E-state index is 0.472. The fourth-order valence-electron chi connectivity index (χ4n) is 1.30. The molecule has 1 N–H and O–H groups in total. The van der Waals surface area contributed by atoms with E-state index >= 15 is 0 Å². The molecule has 1 aromatic rings. The smallest absolute Gasteiger partial charge is 0.137 e. The summed E-state index contributed by atoms with van der Waals surface area (Å²) in [6, 6.07) is 1.87. The van der Waals surface area contributed by atoms with Crippen LogP contribution in [0.3, 0.4) is 0 Å². The summed E-state index contributed by atoms with van der Waals surface area (Å²) in [5.74, 6) is 1.43. The van der Waals surface area contributed by atoms with Crippen LogP contribution in [-0.4, -0.2) is 27.7 Å². The fourth-order valence-corrected chi connectivity index (χ4v) is 2.06. The molecule has 0 fully saturated rings. The summed E-state index contributed by atoms with van der Waals surface area (Å²) in [4.78, 5) is 4.09. The van der Waals surface area contributed by atoms with E-state index < -0.39 is 6.10 Å². The van der Waals surface area contributed by atoms with E-state index in [9.17, 15) is 5.11 Å². The minimum Gasteiger partial charge on any atom is -0.492 e. The van der Waals surface area contributed by atoms with Crippen molar-refractivity contribution in [1.82, 2.24) is 4.98 Å². The van der Waals surface area contributed by atoms with Crippen molar-refractivity contribution in [1.29, 1.82) is 0 Å². The largest absolute Gasteiger partial charge is 0.492 e. The molecule has 0 spiro atoms. The van der Waals surface area contributed by atoms with Crippen LogP contribution < -0.4 is 4.74 Å². The third-order valence-corrected chi connectivity index (χ3v) is 3.35. The lowest BCUT2D eigenvalue weighted by Crippen LogP contribution is -2.04. The molecule has 4 heteroatoms. The van der Waals surface area contributed by atoms with Crippen LogP contribution in [-0.2, 0) is 0 Å². The van der Waals surface area contributed by atoms with Crippen LogP contribution in [0.4, 0.5) is 0 Å². The van der Waals surface area contributed by atoms with Gasteiger partial charge in [-0.1, -0.05) is 20.8 Å². The Balaban J connectivity index is 2.57. The molecule has 96 valence electrons. The molecule has 17 heavy (non-hydrogen) atoms. The Kier molecular flexibility index (Phi) is 6.37. The van der Waals surface area contributed by atoms with Gasteiger partial charge in [-0.2, -0.15) is 11.8 Å². The first-order chi connectivity index (χ1) is 8.13. The van der Waals surface area contributed by atoms with Crippen LogP contribution in [0.5, 0.6) is 5.75 Å². The van der Waals surface area contributed by atoms with Gasteiger partial charge in [0, 0.05) is 17.5 Å². The molecule has 0 bridgehead atoms. The molecular formula is C13H21NO2S. The zero-order valence-electron chi connectivity index (χ0n) is 10.7. The van der Waals surface area contributed by atoms with Gasteiger partial charge < -0.3 is 9.84 Å². The van der Waals surface area contributed by atoms with Gasteiger partial charge in [0.2, 0.25) is 0 Å². The number of thioether (sulfide) groups is 1. The average Bonchev–Trinajstić information content (AvgIpc) is 2.33. The van der Waals surface area contributed by atoms with Gasteiger partial charge in [0.05, 0.1) is 18.9 Å². The second-order valence-electron chi connectivity index (χ2n) is 4.20. The van der Waals surface area contributed by atoms with E-state index in [2.05, 4.69) is 25.8 Å². The number of hydrogen-bond acceptors (Lipinski definition) is 4. The number of nitrogens with zero attached hydrogens (tertiary/aromatic N) is 1. The van der Waals surface area contributed by atoms with Crippen molar-refractivity contribution < 1.29 is 9.84 Å². The Bertz CT molecular complexity index is 331. The number of rotatable bonds is 7. The van der Waals surface area contributed by atoms with Gasteiger partial charge in [-0.25, -0.2) is 0 Å². The number of hydrogen-bond donors (Lipinski definition) is 1. The van der Waals surface area contributed by atoms with E-state index in [1.807, 2.05) is 6.07 Å². The molecule has 0 radical (unpaired) electrons. The van der Waals surface area contributed by atoms with E-state index in [1.165, 1.54) is 0 Å². The van der Waals surface area contributed by atoms with Crippen molar-refractivity contribution in [3.8, 4) is 5.75 Å². The normalized spacial score (nSPS) is 12.8. The summed E-state index contributed by atoms with van der Waals surface area (Å²) in [5.41, 5.74) is 0.826. The van der Waals surface area contributed by atoms with Crippen LogP contribution in [0, 0.1) is 0 Å². The standard InChI is InChI=1S/C13H21NO2S/c1-4-5-16-12-6-11(7-14-8-12)13(15)9-17-10(2)3/h6-8,10,13,15H,4-5,9H2,1-3H3. The molecule has 1 rings (SSSR count). The highest BCUT2D eigenvalue weighted by atomic mass is 32.2. The van der Waals surface area contributed by atoms with Crippen LogP contribution in [0.1, 0.15) is 38.9 Å². The fraction of sp³-hybridized carbons (Fsp3) is 0.615. The van der Waals surface area contributed by atoms with Gasteiger partial charge in [-0.3, -0.25) is 4.98 Å². The summed E-state index contributed by atoms with van der Waals surface area (Å²) in [6.45, 7) is 6.99. The predicted molar refractivity (Wildman–Crippen MR) is 72.6 cm³/mol. The number of ether oxygens (including phenoxy) is 1. The Labute approximate surface area is 108 Å². The first-order valence-corrected chi connectivity index (χ1v) is 7.05. The van der Waals surface area contributed by atoms with Crippen LogP contribution in [0.25, 0.3) is 0 Å². The molecule has 1 aromatic heterocycles. The Morgan fingerprint density at radius 1 is 1.41 bits per heavy atom. The second-order valence-corrected chi connectivity index (χ2v) is 5.81. The zero-order chi connectivity index (χ0) is 12.7. The summed E-state index contributed by atoms with van der Waals surface area (Å²) in [6.07, 6.45) is 3.88. The lowest BCUT2D eigenvalue weighted by atomic mass is 10.2. The Hall–Kier alpha value is -0.740. The monoisotopic (exact) mass is 255 g/mol. The SMILES string of the molecule is CCCOc1cncc(C(O)CSC(C)C)c1. The molecule has 0 saturated carbocycles. The molecule has 0 saturated heterocycles. The van der Waals surface area contributed by atoms with Crippen molar-refractivity contribution in [2.24, 2.45) is 0 Å². The quantitative estimate of drug-likeness (QED) is 0.813. The van der Waals surface area contributed by atoms with Gasteiger partial charge in [-0.05, 0) is 17.7 Å². The van der Waals surface area contributed by atoms with E-state index in [1.54, 1.807) is 24.2 Å². The lowest BCUT2D eigenvalue weighted by molar-refractivity contribution is 0.202. The predicted octanol–water partition coefficient (Wildman–Crippen LogP) is 3.05. The number of aromatic nitrogens is 1. The van der Waals surface area contributed by atoms with Crippen molar-refractivity contribution in [2.75, 3.05) is 12.4 Å². The first-order valence-electron chi connectivity index (χ1n) is 6.01. The molecule has 1 heterocycles. The van der Waals surface area contributed by atoms with E-state index in [0.717, 1.165) is 17.7 Å². The summed E-state index contributed by atoms with van der Waals surface area (Å²) in [7, 11) is 0. The van der Waals surface area contributed by atoms with Crippen LogP contribution in [0.2, 0.25) is 0 Å². The molecule has 0 aromatic carbocycles. The molecule has 0 aliphatic heterocycles. The van der Waals surface area contributed by atoms with Crippen molar-refractivity contribution >= 4 is 11.8 Å². The third-order valence-electron chi connectivity index (χ3n) is 2.18. The summed E-state index contributed by atoms with van der Waals surface area (Å²) in [5, 5.41) is 10.5. The van der Waals surface area contributed by atoms with Gasteiger partial charge in [0.15, 0.2) is 0 Å². The molecule has 0 aliphatic rings.